The van der Waals surface area contributed by atoms with Crippen molar-refractivity contribution in [3.8, 4) is 0 Å². The van der Waals surface area contributed by atoms with Crippen LogP contribution >= 0.6 is 12.4 Å². The summed E-state index contributed by atoms with van der Waals surface area (Å²) in [6.45, 7) is 8.74. The Balaban J connectivity index is -0.000000207. The van der Waals surface area contributed by atoms with Crippen molar-refractivity contribution in [1.29, 1.82) is 0 Å². The first-order valence-corrected chi connectivity index (χ1v) is 8.74. The van der Waals surface area contributed by atoms with Crippen LogP contribution in [0.1, 0.15) is 25.0 Å². The molecule has 2 rings (SSSR count). The molecule has 0 unspecified atom stereocenters. The molecule has 0 heterocycles. The zero-order valence-electron chi connectivity index (χ0n) is 12.4. The molecule has 0 saturated carbocycles. The third-order valence-electron chi connectivity index (χ3n) is 2.28. The van der Waals surface area contributed by atoms with E-state index < -0.39 is 0 Å². The van der Waals surface area contributed by atoms with E-state index in [1.165, 1.54) is 11.1 Å². The molecule has 3 heteroatoms. The maximum Gasteiger partial charge on any atom is 0.0213 e. The van der Waals surface area contributed by atoms with Gasteiger partial charge in [-0.2, -0.15) is 47.5 Å². The Bertz CT molecular complexity index is 293. The average molecular weight is 432 g/mol. The van der Waals surface area contributed by atoms with E-state index in [2.05, 4.69) is 75.5 Å². The van der Waals surface area contributed by atoms with E-state index >= 15 is 0 Å². The first-order valence-electron chi connectivity index (χ1n) is 6.43. The number of halogens is 1. The van der Waals surface area contributed by atoms with Crippen LogP contribution in [0.4, 0.5) is 0 Å². The molecule has 1 radical (unpaired) electrons. The van der Waals surface area contributed by atoms with Gasteiger partial charge in [0.1, 0.15) is 0 Å². The normalized spacial score (nSPS) is 7.79. The van der Waals surface area contributed by atoms with Gasteiger partial charge >= 0.3 is 0 Å². The van der Waals surface area contributed by atoms with Crippen LogP contribution < -0.4 is 0 Å². The average Bonchev–Trinajstić information content (AvgIpc) is 3.04. The molecule has 19 heavy (non-hydrogen) atoms. The molecule has 109 valence electrons. The van der Waals surface area contributed by atoms with Gasteiger partial charge in [0.2, 0.25) is 0 Å². The van der Waals surface area contributed by atoms with E-state index in [0.717, 1.165) is 22.4 Å². The Hall–Kier alpha value is 0.545. The molecule has 0 amide bonds. The van der Waals surface area contributed by atoms with Crippen LogP contribution in [0.2, 0.25) is 13.1 Å². The zero-order valence-corrected chi connectivity index (χ0v) is 17.0. The molecule has 0 aliphatic heterocycles. The predicted molar refractivity (Wildman–Crippen MR) is 89.0 cm³/mol. The second-order valence-corrected chi connectivity index (χ2v) is 5.03. The Labute approximate surface area is 160 Å². The monoisotopic (exact) mass is 433 g/mol. The smallest absolute Gasteiger partial charge is 0.0213 e. The molecular formula is C16H26ClSiSm-2. The maximum atomic E-state index is 2.21. The molecular weight excluding hydrogens is 406 g/mol. The van der Waals surface area contributed by atoms with Crippen molar-refractivity contribution < 1.29 is 40.4 Å². The van der Waals surface area contributed by atoms with E-state index in [0.29, 0.717) is 0 Å². The van der Waals surface area contributed by atoms with Gasteiger partial charge in [0.25, 0.3) is 0 Å². The van der Waals surface area contributed by atoms with Crippen LogP contribution in [0.25, 0.3) is 0 Å². The largest absolute Gasteiger partial charge is 0.211 e. The van der Waals surface area contributed by atoms with Gasteiger partial charge in [-0.05, 0) is 0 Å². The minimum absolute atomic E-state index is 0. The molecule has 2 aromatic rings. The minimum atomic E-state index is 0. The number of hydrogen-bond donors (Lipinski definition) is 0. The molecule has 0 bridgehead atoms. The van der Waals surface area contributed by atoms with Crippen molar-refractivity contribution >= 4 is 21.9 Å². The van der Waals surface area contributed by atoms with Gasteiger partial charge in [-0.25, -0.2) is 12.1 Å². The first kappa shape index (κ1) is 24.6. The number of rotatable bonds is 2. The van der Waals surface area contributed by atoms with E-state index in [9.17, 15) is 0 Å². The molecule has 0 spiro atoms. The fraction of sp³-hybridized carbons (Fsp3) is 0.375. The molecule has 0 aliphatic rings. The maximum absolute atomic E-state index is 2.21. The Kier molecular flexibility index (Phi) is 24.0. The summed E-state index contributed by atoms with van der Waals surface area (Å²) in [6, 6.07) is 16.8. The van der Waals surface area contributed by atoms with Crippen molar-refractivity contribution in [1.82, 2.24) is 0 Å². The Morgan fingerprint density at radius 2 is 1.21 bits per heavy atom. The van der Waals surface area contributed by atoms with Gasteiger partial charge in [-0.1, -0.05) is 39.8 Å². The van der Waals surface area contributed by atoms with Crippen molar-refractivity contribution in [3.63, 3.8) is 0 Å². The summed E-state index contributed by atoms with van der Waals surface area (Å²) < 4.78 is 0. The topological polar surface area (TPSA) is 0 Å². The van der Waals surface area contributed by atoms with Crippen molar-refractivity contribution in [3.05, 3.63) is 59.7 Å². The molecule has 0 aliphatic carbocycles. The Morgan fingerprint density at radius 3 is 1.32 bits per heavy atom. The fourth-order valence-electron chi connectivity index (χ4n) is 1.30. The molecule has 0 nitrogen and oxygen atoms in total. The first-order chi connectivity index (χ1) is 8.28. The quantitative estimate of drug-likeness (QED) is 0.469. The van der Waals surface area contributed by atoms with Gasteiger partial charge in [0, 0.05) is 49.9 Å². The summed E-state index contributed by atoms with van der Waals surface area (Å²) in [6.07, 6.45) is 2.32. The second-order valence-electron chi connectivity index (χ2n) is 3.87. The van der Waals surface area contributed by atoms with Gasteiger partial charge in [0.15, 0.2) is 0 Å². The molecule has 0 aromatic heterocycles. The summed E-state index contributed by atoms with van der Waals surface area (Å²) >= 11 is 0. The van der Waals surface area contributed by atoms with Crippen LogP contribution in [0.5, 0.6) is 0 Å². The minimum Gasteiger partial charge on any atom is -0.211 e. The van der Waals surface area contributed by atoms with Crippen molar-refractivity contribution in [2.45, 2.75) is 39.8 Å². The summed E-state index contributed by atoms with van der Waals surface area (Å²) in [7, 11) is 0.750. The molecule has 2 aromatic carbocycles. The fourth-order valence-corrected chi connectivity index (χ4v) is 1.30. The van der Waals surface area contributed by atoms with Gasteiger partial charge < -0.3 is 0 Å². The molecule has 0 saturated heterocycles. The second kappa shape index (κ2) is 18.5. The van der Waals surface area contributed by atoms with E-state index in [-0.39, 0.29) is 52.8 Å². The van der Waals surface area contributed by atoms with Gasteiger partial charge in [-0.15, -0.1) is 12.4 Å². The molecule has 0 atom stereocenters. The van der Waals surface area contributed by atoms with Crippen molar-refractivity contribution in [2.75, 3.05) is 0 Å². The zero-order chi connectivity index (χ0) is 12.9. The third-order valence-corrected chi connectivity index (χ3v) is 2.28. The number of hydrogen-bond acceptors (Lipinski definition) is 0. The standard InChI is InChI=1S/2C7H9.C2H7Si.ClH.Sm/c2*1-2-7-5-3-4-6-7;1-3-2;;/h2*3-6H,2H2,1H3;3H,1-2H3;1H;/q2*-1;;;. The summed E-state index contributed by atoms with van der Waals surface area (Å²) in [4.78, 5) is 0. The van der Waals surface area contributed by atoms with Crippen LogP contribution in [0.3, 0.4) is 0 Å². The van der Waals surface area contributed by atoms with Crippen LogP contribution in [0.15, 0.2) is 48.5 Å². The van der Waals surface area contributed by atoms with Crippen LogP contribution in [-0.2, 0) is 12.8 Å². The van der Waals surface area contributed by atoms with Gasteiger partial charge in [-0.3, -0.25) is 0 Å². The molecule has 0 fully saturated rings. The predicted octanol–water partition coefficient (Wildman–Crippen LogP) is 4.88. The summed E-state index contributed by atoms with van der Waals surface area (Å²) in [5.74, 6) is 0. The van der Waals surface area contributed by atoms with Gasteiger partial charge in [0.05, 0.1) is 0 Å². The van der Waals surface area contributed by atoms with Crippen molar-refractivity contribution in [2.24, 2.45) is 0 Å². The summed E-state index contributed by atoms with van der Waals surface area (Å²) in [5.41, 5.74) is 2.86. The number of aryl methyl sites for hydroxylation is 2. The summed E-state index contributed by atoms with van der Waals surface area (Å²) in [5, 5.41) is 0. The van der Waals surface area contributed by atoms with E-state index in [1.54, 1.807) is 0 Å². The van der Waals surface area contributed by atoms with E-state index in [4.69, 9.17) is 0 Å². The van der Waals surface area contributed by atoms with E-state index in [1.807, 2.05) is 0 Å². The molecule has 0 N–H and O–H groups in total. The van der Waals surface area contributed by atoms with Crippen LogP contribution in [0, 0.1) is 40.4 Å². The third kappa shape index (κ3) is 14.8. The SMILES string of the molecule is CCc1cc[cH-]c1.CCc1cc[cH-]c1.C[SiH]C.Cl.[Sm]. The van der Waals surface area contributed by atoms with Crippen LogP contribution in [-0.4, -0.2) is 9.52 Å². The Morgan fingerprint density at radius 1 is 0.895 bits per heavy atom.